The smallest absolute Gasteiger partial charge is 0.175 e. The minimum atomic E-state index is -1.53. The van der Waals surface area contributed by atoms with Gasteiger partial charge in [-0.2, -0.15) is 0 Å². The number of carbonyl (C=O) groups excluding carboxylic acids is 5. The number of aromatic hydroxyl groups is 2. The Balaban J connectivity index is 2.24. The summed E-state index contributed by atoms with van der Waals surface area (Å²) in [6.45, 7) is 22.9. The van der Waals surface area contributed by atoms with Gasteiger partial charge in [-0.3, -0.25) is 24.0 Å². The zero-order valence-electron chi connectivity index (χ0n) is 30.2. The van der Waals surface area contributed by atoms with Gasteiger partial charge < -0.3 is 20.1 Å². The fraction of sp³-hybridized carbons (Fsp3) is 0.605. The van der Waals surface area contributed by atoms with Gasteiger partial charge in [0.25, 0.3) is 0 Å². The van der Waals surface area contributed by atoms with E-state index in [1.807, 2.05) is 13.8 Å². The Morgan fingerprint density at radius 3 is 1.66 bits per heavy atom. The summed E-state index contributed by atoms with van der Waals surface area (Å²) in [6, 6.07) is 0. The molecule has 2 atom stereocenters. The average Bonchev–Trinajstić information content (AvgIpc) is 2.96. The molecule has 0 unspecified atom stereocenters. The number of aliphatic hydroxyl groups is 1. The van der Waals surface area contributed by atoms with E-state index in [4.69, 9.17) is 4.74 Å². The predicted octanol–water partition coefficient (Wildman–Crippen LogP) is 7.28. The van der Waals surface area contributed by atoms with E-state index in [0.717, 1.165) is 0 Å². The topological polar surface area (TPSA) is 155 Å². The number of rotatable bonds is 6. The van der Waals surface area contributed by atoms with Crippen LogP contribution in [0.3, 0.4) is 0 Å². The Morgan fingerprint density at radius 1 is 0.702 bits per heavy atom. The summed E-state index contributed by atoms with van der Waals surface area (Å²) in [6.07, 6.45) is 0. The number of allylic oxidation sites excluding steroid dienone is 4. The van der Waals surface area contributed by atoms with Crippen LogP contribution in [-0.4, -0.2) is 44.2 Å². The van der Waals surface area contributed by atoms with Crippen LogP contribution < -0.4 is 4.74 Å². The molecule has 0 saturated heterocycles. The SMILES string of the molecule is CC(C)C(=O)c1c(O)c([C@H](C2=C(O)C(C)(C)C(=O)C(C)(C)C2=O)C(C)C)c(O)c2c1OC1=C(C(=O)C(C)(C)C(=O)C1(C)C)[C@H]2C(C)C. The molecule has 0 radical (unpaired) electrons. The lowest BCUT2D eigenvalue weighted by atomic mass is 9.58. The van der Waals surface area contributed by atoms with Gasteiger partial charge in [-0.15, -0.1) is 0 Å². The highest BCUT2D eigenvalue weighted by molar-refractivity contribution is 6.21. The van der Waals surface area contributed by atoms with Crippen molar-refractivity contribution in [3.8, 4) is 17.2 Å². The Kier molecular flexibility index (Phi) is 8.36. The number of ether oxygens (including phenoxy) is 1. The van der Waals surface area contributed by atoms with Gasteiger partial charge in [-0.05, 0) is 67.2 Å². The monoisotopic (exact) mass is 650 g/mol. The molecule has 4 rings (SSSR count). The normalized spacial score (nSPS) is 23.7. The van der Waals surface area contributed by atoms with Crippen LogP contribution in [0.15, 0.2) is 22.7 Å². The van der Waals surface area contributed by atoms with E-state index in [9.17, 15) is 39.3 Å². The van der Waals surface area contributed by atoms with Crippen LogP contribution in [-0.2, 0) is 19.2 Å². The minimum absolute atomic E-state index is 0.0765. The summed E-state index contributed by atoms with van der Waals surface area (Å²) < 4.78 is 6.42. The van der Waals surface area contributed by atoms with Crippen LogP contribution in [0, 0.1) is 39.4 Å². The number of Topliss-reactive ketones (excluding diaryl/α,β-unsaturated/α-hetero) is 5. The molecule has 0 fully saturated rings. The number of phenols is 2. The molecule has 0 bridgehead atoms. The second-order valence-corrected chi connectivity index (χ2v) is 16.6. The van der Waals surface area contributed by atoms with E-state index in [-0.39, 0.29) is 51.0 Å². The number of benzene rings is 1. The van der Waals surface area contributed by atoms with E-state index in [2.05, 4.69) is 0 Å². The molecule has 3 N–H and O–H groups in total. The Hall–Kier alpha value is -3.75. The van der Waals surface area contributed by atoms with Crippen LogP contribution in [0.25, 0.3) is 0 Å². The van der Waals surface area contributed by atoms with Crippen molar-refractivity contribution in [3.63, 3.8) is 0 Å². The van der Waals surface area contributed by atoms with E-state index >= 15 is 0 Å². The third kappa shape index (κ3) is 4.73. The molecule has 0 amide bonds. The summed E-state index contributed by atoms with van der Waals surface area (Å²) in [5, 5.41) is 36.1. The third-order valence-corrected chi connectivity index (χ3v) is 10.6. The average molecular weight is 651 g/mol. The molecule has 2 aliphatic carbocycles. The molecule has 9 nitrogen and oxygen atoms in total. The summed E-state index contributed by atoms with van der Waals surface area (Å²) in [5.74, 6) is -7.72. The maximum Gasteiger partial charge on any atom is 0.175 e. The van der Waals surface area contributed by atoms with Gasteiger partial charge in [-0.25, -0.2) is 0 Å². The molecule has 1 aliphatic heterocycles. The third-order valence-electron chi connectivity index (χ3n) is 10.6. The van der Waals surface area contributed by atoms with Crippen molar-refractivity contribution in [3.05, 3.63) is 39.4 Å². The van der Waals surface area contributed by atoms with Gasteiger partial charge in [0.1, 0.15) is 34.3 Å². The second-order valence-electron chi connectivity index (χ2n) is 16.6. The van der Waals surface area contributed by atoms with E-state index in [1.165, 1.54) is 27.7 Å². The maximum atomic E-state index is 14.2. The van der Waals surface area contributed by atoms with Gasteiger partial charge in [0.05, 0.1) is 21.7 Å². The van der Waals surface area contributed by atoms with Crippen LogP contribution in [0.5, 0.6) is 17.2 Å². The van der Waals surface area contributed by atoms with Crippen LogP contribution in [0.2, 0.25) is 0 Å². The summed E-state index contributed by atoms with van der Waals surface area (Å²) >= 11 is 0. The first-order valence-corrected chi connectivity index (χ1v) is 16.4. The number of hydrogen-bond acceptors (Lipinski definition) is 9. The Morgan fingerprint density at radius 2 is 1.19 bits per heavy atom. The quantitative estimate of drug-likeness (QED) is 0.213. The van der Waals surface area contributed by atoms with Crippen LogP contribution in [0.1, 0.15) is 130 Å². The molecule has 0 aromatic heterocycles. The first kappa shape index (κ1) is 36.1. The van der Waals surface area contributed by atoms with Gasteiger partial charge in [-0.1, -0.05) is 41.5 Å². The number of fused-ring (bicyclic) bond motifs is 1. The molecule has 47 heavy (non-hydrogen) atoms. The van der Waals surface area contributed by atoms with Crippen LogP contribution in [0.4, 0.5) is 0 Å². The summed E-state index contributed by atoms with van der Waals surface area (Å²) in [7, 11) is 0. The first-order valence-electron chi connectivity index (χ1n) is 16.4. The van der Waals surface area contributed by atoms with Crippen molar-refractivity contribution in [1.82, 2.24) is 0 Å². The lowest BCUT2D eigenvalue weighted by molar-refractivity contribution is -0.146. The lowest BCUT2D eigenvalue weighted by Gasteiger charge is -2.46. The van der Waals surface area contributed by atoms with E-state index in [1.54, 1.807) is 55.4 Å². The zero-order valence-corrected chi connectivity index (χ0v) is 30.2. The van der Waals surface area contributed by atoms with E-state index < -0.39 is 85.7 Å². The number of hydrogen-bond donors (Lipinski definition) is 3. The van der Waals surface area contributed by atoms with Crippen LogP contribution >= 0.6 is 0 Å². The van der Waals surface area contributed by atoms with Crippen molar-refractivity contribution in [2.24, 2.45) is 39.4 Å². The van der Waals surface area contributed by atoms with Gasteiger partial charge >= 0.3 is 0 Å². The molecule has 1 aromatic carbocycles. The van der Waals surface area contributed by atoms with E-state index in [0.29, 0.717) is 0 Å². The fourth-order valence-electron chi connectivity index (χ4n) is 7.96. The standard InChI is InChI=1S/C38H50O9/c1-15(2)18(22-29(42)35(7,8)33(45)36(9,10)30(22)43)20-26(40)21-19(16(3)4)23-31(44)37(11,12)34(46)38(13,14)32(23)47-28(21)24(27(20)41)25(39)17(5)6/h15-19,40-42H,1-14H3/t18-,19+/m1/s1. The minimum Gasteiger partial charge on any atom is -0.511 e. The van der Waals surface area contributed by atoms with Gasteiger partial charge in [0.15, 0.2) is 28.9 Å². The molecular formula is C38H50O9. The molecule has 0 spiro atoms. The molecule has 9 heteroatoms. The molecule has 1 aromatic rings. The van der Waals surface area contributed by atoms with Crippen molar-refractivity contribution in [1.29, 1.82) is 0 Å². The number of phenolic OH excluding ortho intramolecular Hbond substituents is 2. The molecule has 0 saturated carbocycles. The zero-order chi connectivity index (χ0) is 36.3. The Bertz CT molecular complexity index is 1710. The van der Waals surface area contributed by atoms with Gasteiger partial charge in [0, 0.05) is 40.0 Å². The predicted molar refractivity (Wildman–Crippen MR) is 177 cm³/mol. The molecule has 3 aliphatic rings. The highest BCUT2D eigenvalue weighted by Crippen LogP contribution is 2.62. The van der Waals surface area contributed by atoms with Crippen molar-refractivity contribution in [2.45, 2.75) is 109 Å². The lowest BCUT2D eigenvalue weighted by Crippen LogP contribution is -2.52. The number of carbonyl (C=O) groups is 5. The second kappa shape index (κ2) is 10.9. The molecular weight excluding hydrogens is 600 g/mol. The first-order chi connectivity index (χ1) is 21.2. The highest BCUT2D eigenvalue weighted by atomic mass is 16.5. The fourth-order valence-corrected chi connectivity index (χ4v) is 7.96. The van der Waals surface area contributed by atoms with Crippen molar-refractivity contribution in [2.75, 3.05) is 0 Å². The number of ketones is 5. The largest absolute Gasteiger partial charge is 0.511 e. The van der Waals surface area contributed by atoms with Gasteiger partial charge in [0.2, 0.25) is 0 Å². The Labute approximate surface area is 277 Å². The molecule has 1 heterocycles. The number of aliphatic hydroxyl groups excluding tert-OH is 1. The summed E-state index contributed by atoms with van der Waals surface area (Å²) in [5.41, 5.74) is -5.93. The highest BCUT2D eigenvalue weighted by Gasteiger charge is 2.59. The molecule has 256 valence electrons. The van der Waals surface area contributed by atoms with Crippen molar-refractivity contribution >= 4 is 28.9 Å². The van der Waals surface area contributed by atoms with Crippen molar-refractivity contribution < 1.29 is 44.0 Å². The summed E-state index contributed by atoms with van der Waals surface area (Å²) in [4.78, 5) is 69.4. The maximum absolute atomic E-state index is 14.2.